The zero-order valence-corrected chi connectivity index (χ0v) is 9.64. The molecule has 17 heavy (non-hydrogen) atoms. The van der Waals surface area contributed by atoms with E-state index in [1.54, 1.807) is 25.1 Å². The second kappa shape index (κ2) is 4.45. The summed E-state index contributed by atoms with van der Waals surface area (Å²) in [5, 5.41) is 4.09. The van der Waals surface area contributed by atoms with E-state index in [1.165, 1.54) is 17.7 Å². The number of hydrogen-bond acceptors (Lipinski definition) is 3. The average Bonchev–Trinajstić information content (AvgIpc) is 2.63. The summed E-state index contributed by atoms with van der Waals surface area (Å²) in [6.45, 7) is 3.33. The zero-order valence-electron chi connectivity index (χ0n) is 9.64. The van der Waals surface area contributed by atoms with Gasteiger partial charge in [-0.05, 0) is 13.0 Å². The highest BCUT2D eigenvalue weighted by Gasteiger charge is 2.13. The van der Waals surface area contributed by atoms with Crippen molar-refractivity contribution < 1.29 is 9.18 Å². The molecule has 0 saturated carbocycles. The second-order valence-electron chi connectivity index (χ2n) is 3.79. The smallest absolute Gasteiger partial charge is 0.196 e. The van der Waals surface area contributed by atoms with E-state index < -0.39 is 0 Å². The molecule has 0 spiro atoms. The van der Waals surface area contributed by atoms with Crippen LogP contribution in [-0.2, 0) is 6.54 Å². The lowest BCUT2D eigenvalue weighted by Gasteiger charge is -2.04. The van der Waals surface area contributed by atoms with Crippen LogP contribution in [-0.4, -0.2) is 20.5 Å². The van der Waals surface area contributed by atoms with Crippen molar-refractivity contribution in [2.45, 2.75) is 20.4 Å². The molecule has 4 nitrogen and oxygen atoms in total. The highest BCUT2D eigenvalue weighted by Crippen LogP contribution is 2.10. The third kappa shape index (κ3) is 2.38. The van der Waals surface area contributed by atoms with Crippen LogP contribution in [0.25, 0.3) is 0 Å². The maximum absolute atomic E-state index is 13.5. The first-order chi connectivity index (χ1) is 8.08. The Labute approximate surface area is 98.1 Å². The molecule has 0 fully saturated rings. The lowest BCUT2D eigenvalue weighted by Crippen LogP contribution is -2.11. The van der Waals surface area contributed by atoms with Gasteiger partial charge >= 0.3 is 0 Å². The first kappa shape index (κ1) is 11.4. The quantitative estimate of drug-likeness (QED) is 0.761. The van der Waals surface area contributed by atoms with E-state index >= 15 is 0 Å². The summed E-state index contributed by atoms with van der Waals surface area (Å²) < 4.78 is 14.9. The highest BCUT2D eigenvalue weighted by atomic mass is 19.1. The fourth-order valence-electron chi connectivity index (χ4n) is 1.61. The molecule has 1 aromatic carbocycles. The molecule has 0 aliphatic rings. The van der Waals surface area contributed by atoms with Crippen LogP contribution in [0.3, 0.4) is 0 Å². The van der Waals surface area contributed by atoms with Crippen molar-refractivity contribution in [3.8, 4) is 0 Å². The van der Waals surface area contributed by atoms with Crippen molar-refractivity contribution >= 4 is 5.78 Å². The molecule has 88 valence electrons. The molecule has 0 aliphatic carbocycles. The predicted octanol–water partition coefficient (Wildman–Crippen LogP) is 1.98. The van der Waals surface area contributed by atoms with E-state index in [2.05, 4.69) is 10.1 Å². The summed E-state index contributed by atoms with van der Waals surface area (Å²) in [7, 11) is 0. The first-order valence-corrected chi connectivity index (χ1v) is 5.23. The van der Waals surface area contributed by atoms with Crippen molar-refractivity contribution in [2.75, 3.05) is 0 Å². The lowest BCUT2D eigenvalue weighted by atomic mass is 10.2. The lowest BCUT2D eigenvalue weighted by molar-refractivity contribution is 0.0998. The fraction of sp³-hybridized carbons (Fsp3) is 0.250. The SMILES string of the molecule is CC(=O)c1nc(C)nn1Cc1ccccc1F. The largest absolute Gasteiger partial charge is 0.291 e. The topological polar surface area (TPSA) is 47.8 Å². The molecule has 0 N–H and O–H groups in total. The molecule has 0 bridgehead atoms. The van der Waals surface area contributed by atoms with E-state index in [-0.39, 0.29) is 24.0 Å². The van der Waals surface area contributed by atoms with Gasteiger partial charge in [0.25, 0.3) is 0 Å². The minimum Gasteiger partial charge on any atom is -0.291 e. The van der Waals surface area contributed by atoms with E-state index in [4.69, 9.17) is 0 Å². The Hall–Kier alpha value is -2.04. The van der Waals surface area contributed by atoms with Crippen molar-refractivity contribution in [3.05, 3.63) is 47.3 Å². The maximum atomic E-state index is 13.5. The van der Waals surface area contributed by atoms with Gasteiger partial charge in [-0.2, -0.15) is 5.10 Å². The molecule has 0 unspecified atom stereocenters. The number of halogens is 1. The van der Waals surface area contributed by atoms with Gasteiger partial charge in [-0.3, -0.25) is 4.79 Å². The maximum Gasteiger partial charge on any atom is 0.196 e. The summed E-state index contributed by atoms with van der Waals surface area (Å²) in [6, 6.07) is 6.41. The Bertz CT molecular complexity index is 563. The monoisotopic (exact) mass is 233 g/mol. The van der Waals surface area contributed by atoms with Gasteiger partial charge in [-0.25, -0.2) is 14.1 Å². The summed E-state index contributed by atoms with van der Waals surface area (Å²) in [6.07, 6.45) is 0. The van der Waals surface area contributed by atoms with Gasteiger partial charge in [0.05, 0.1) is 6.54 Å². The number of hydrogen-bond donors (Lipinski definition) is 0. The van der Waals surface area contributed by atoms with Crippen molar-refractivity contribution in [1.29, 1.82) is 0 Å². The number of carbonyl (C=O) groups is 1. The molecule has 0 radical (unpaired) electrons. The third-order valence-electron chi connectivity index (χ3n) is 2.37. The number of Topliss-reactive ketones (excluding diaryl/α,β-unsaturated/α-hetero) is 1. The van der Waals surface area contributed by atoms with Crippen LogP contribution in [0.4, 0.5) is 4.39 Å². The zero-order chi connectivity index (χ0) is 12.4. The number of benzene rings is 1. The van der Waals surface area contributed by atoms with Crippen LogP contribution in [0.15, 0.2) is 24.3 Å². The molecule has 0 aliphatic heterocycles. The molecule has 1 heterocycles. The first-order valence-electron chi connectivity index (χ1n) is 5.23. The Balaban J connectivity index is 2.36. The Morgan fingerprint density at radius 2 is 2.12 bits per heavy atom. The third-order valence-corrected chi connectivity index (χ3v) is 2.37. The van der Waals surface area contributed by atoms with Crippen molar-refractivity contribution in [3.63, 3.8) is 0 Å². The van der Waals surface area contributed by atoms with Crippen LogP contribution in [0, 0.1) is 12.7 Å². The number of aryl methyl sites for hydroxylation is 1. The van der Waals surface area contributed by atoms with Gasteiger partial charge in [0, 0.05) is 12.5 Å². The van der Waals surface area contributed by atoms with Crippen molar-refractivity contribution in [1.82, 2.24) is 14.8 Å². The van der Waals surface area contributed by atoms with Gasteiger partial charge in [0.1, 0.15) is 11.6 Å². The van der Waals surface area contributed by atoms with Gasteiger partial charge in [0.2, 0.25) is 0 Å². The number of ketones is 1. The second-order valence-corrected chi connectivity index (χ2v) is 3.79. The molecule has 0 atom stereocenters. The van der Waals surface area contributed by atoms with E-state index in [1.807, 2.05) is 0 Å². The van der Waals surface area contributed by atoms with Gasteiger partial charge in [-0.1, -0.05) is 18.2 Å². The van der Waals surface area contributed by atoms with Crippen LogP contribution >= 0.6 is 0 Å². The molecule has 5 heteroatoms. The minimum absolute atomic E-state index is 0.179. The number of aromatic nitrogens is 3. The summed E-state index contributed by atoms with van der Waals surface area (Å²) in [5.74, 6) is 0.273. The molecule has 0 amide bonds. The van der Waals surface area contributed by atoms with Crippen LogP contribution < -0.4 is 0 Å². The predicted molar refractivity (Wildman–Crippen MR) is 60.3 cm³/mol. The molecular weight excluding hydrogens is 221 g/mol. The Morgan fingerprint density at radius 1 is 1.41 bits per heavy atom. The summed E-state index contributed by atoms with van der Waals surface area (Å²) in [5.41, 5.74) is 0.486. The number of rotatable bonds is 3. The van der Waals surface area contributed by atoms with Gasteiger partial charge in [0.15, 0.2) is 11.6 Å². The molecule has 2 aromatic rings. The standard InChI is InChI=1S/C12H12FN3O/c1-8(17)12-14-9(2)15-16(12)7-10-5-3-4-6-11(10)13/h3-6H,7H2,1-2H3. The van der Waals surface area contributed by atoms with E-state index in [0.29, 0.717) is 11.4 Å². The normalized spacial score (nSPS) is 10.5. The molecule has 2 rings (SSSR count). The molecular formula is C12H12FN3O. The fourth-order valence-corrected chi connectivity index (χ4v) is 1.61. The van der Waals surface area contributed by atoms with Crippen LogP contribution in [0.1, 0.15) is 28.9 Å². The number of carbonyl (C=O) groups excluding carboxylic acids is 1. The highest BCUT2D eigenvalue weighted by molar-refractivity contribution is 5.90. The number of nitrogens with zero attached hydrogens (tertiary/aromatic N) is 3. The minimum atomic E-state index is -0.310. The van der Waals surface area contributed by atoms with Gasteiger partial charge < -0.3 is 0 Å². The Morgan fingerprint density at radius 3 is 2.76 bits per heavy atom. The van der Waals surface area contributed by atoms with Crippen LogP contribution in [0.5, 0.6) is 0 Å². The van der Waals surface area contributed by atoms with E-state index in [9.17, 15) is 9.18 Å². The van der Waals surface area contributed by atoms with Gasteiger partial charge in [-0.15, -0.1) is 0 Å². The molecule has 1 aromatic heterocycles. The van der Waals surface area contributed by atoms with Crippen molar-refractivity contribution in [2.24, 2.45) is 0 Å². The van der Waals surface area contributed by atoms with Crippen LogP contribution in [0.2, 0.25) is 0 Å². The average molecular weight is 233 g/mol. The Kier molecular flexibility index (Phi) is 2.99. The summed E-state index contributed by atoms with van der Waals surface area (Å²) in [4.78, 5) is 15.4. The summed E-state index contributed by atoms with van der Waals surface area (Å²) >= 11 is 0. The van der Waals surface area contributed by atoms with E-state index in [0.717, 1.165) is 0 Å². The molecule has 0 saturated heterocycles.